The first-order valence-corrected chi connectivity index (χ1v) is 7.65. The van der Waals surface area contributed by atoms with E-state index in [1.165, 1.54) is 33.3 Å². The van der Waals surface area contributed by atoms with Gasteiger partial charge in [-0.15, -0.1) is 0 Å². The van der Waals surface area contributed by atoms with Gasteiger partial charge in [0.05, 0.1) is 25.5 Å². The van der Waals surface area contributed by atoms with Crippen molar-refractivity contribution in [2.45, 2.75) is 20.4 Å². The van der Waals surface area contributed by atoms with E-state index in [1.54, 1.807) is 30.3 Å². The summed E-state index contributed by atoms with van der Waals surface area (Å²) in [5.41, 5.74) is -0.603. The summed E-state index contributed by atoms with van der Waals surface area (Å²) in [5.74, 6) is -0.848. The average molecular weight is 344 g/mol. The van der Waals surface area contributed by atoms with Gasteiger partial charge < -0.3 is 19.8 Å². The summed E-state index contributed by atoms with van der Waals surface area (Å²) in [6.07, 6.45) is 1.51. The molecule has 0 unspecified atom stereocenters. The topological polar surface area (TPSA) is 97.6 Å². The number of rotatable bonds is 6. The zero-order chi connectivity index (χ0) is 18.4. The van der Waals surface area contributed by atoms with Crippen LogP contribution in [0.5, 0.6) is 0 Å². The van der Waals surface area contributed by atoms with Crippen molar-refractivity contribution in [1.82, 2.24) is 5.32 Å². The van der Waals surface area contributed by atoms with Crippen molar-refractivity contribution in [1.29, 1.82) is 0 Å². The maximum Gasteiger partial charge on any atom is 0.337 e. The molecule has 7 nitrogen and oxygen atoms in total. The van der Waals surface area contributed by atoms with Gasteiger partial charge in [-0.2, -0.15) is 0 Å². The fraction of sp³-hybridized carbons (Fsp3) is 0.278. The number of esters is 1. The molecule has 0 aliphatic heterocycles. The minimum atomic E-state index is -1.31. The van der Waals surface area contributed by atoms with Crippen LogP contribution in [0.3, 0.4) is 0 Å². The molecule has 0 aliphatic rings. The molecule has 7 heteroatoms. The van der Waals surface area contributed by atoms with E-state index in [4.69, 9.17) is 4.42 Å². The first kappa shape index (κ1) is 18.3. The first-order chi connectivity index (χ1) is 11.8. The molecule has 25 heavy (non-hydrogen) atoms. The number of carbonyl (C=O) groups is 3. The van der Waals surface area contributed by atoms with Crippen LogP contribution >= 0.6 is 0 Å². The van der Waals surface area contributed by atoms with E-state index in [1.807, 2.05) is 0 Å². The van der Waals surface area contributed by atoms with E-state index >= 15 is 0 Å². The number of amides is 2. The minimum absolute atomic E-state index is 0.195. The average Bonchev–Trinajstić information content (AvgIpc) is 3.12. The Hall–Kier alpha value is -3.09. The predicted octanol–water partition coefficient (Wildman–Crippen LogP) is 2.35. The van der Waals surface area contributed by atoms with Crippen LogP contribution in [0.1, 0.15) is 30.0 Å². The maximum absolute atomic E-state index is 12.5. The molecule has 0 saturated heterocycles. The van der Waals surface area contributed by atoms with Gasteiger partial charge in [-0.25, -0.2) is 4.79 Å². The van der Waals surface area contributed by atoms with E-state index in [0.717, 1.165) is 0 Å². The van der Waals surface area contributed by atoms with Crippen molar-refractivity contribution >= 4 is 23.5 Å². The Morgan fingerprint density at radius 3 is 2.52 bits per heavy atom. The molecule has 0 spiro atoms. The van der Waals surface area contributed by atoms with E-state index in [2.05, 4.69) is 15.4 Å². The Bertz CT molecular complexity index is 766. The van der Waals surface area contributed by atoms with Crippen molar-refractivity contribution in [3.05, 3.63) is 54.0 Å². The van der Waals surface area contributed by atoms with Crippen molar-refractivity contribution in [3.8, 4) is 0 Å². The molecule has 1 aromatic carbocycles. The summed E-state index contributed by atoms with van der Waals surface area (Å²) in [5, 5.41) is 5.31. The molecule has 0 aliphatic carbocycles. The molecule has 0 radical (unpaired) electrons. The van der Waals surface area contributed by atoms with Gasteiger partial charge in [-0.3, -0.25) is 9.59 Å². The monoisotopic (exact) mass is 344 g/mol. The molecule has 2 rings (SSSR count). The van der Waals surface area contributed by atoms with Gasteiger partial charge in [-0.1, -0.05) is 6.07 Å². The highest BCUT2D eigenvalue weighted by Gasteiger charge is 2.36. The number of ether oxygens (including phenoxy) is 1. The Kier molecular flexibility index (Phi) is 5.59. The smallest absolute Gasteiger partial charge is 0.337 e. The largest absolute Gasteiger partial charge is 0.467 e. The van der Waals surface area contributed by atoms with Crippen molar-refractivity contribution in [3.63, 3.8) is 0 Å². The van der Waals surface area contributed by atoms with E-state index in [0.29, 0.717) is 17.0 Å². The Morgan fingerprint density at radius 1 is 1.12 bits per heavy atom. The van der Waals surface area contributed by atoms with Crippen LogP contribution in [0, 0.1) is 5.41 Å². The summed E-state index contributed by atoms with van der Waals surface area (Å²) in [4.78, 5) is 36.3. The van der Waals surface area contributed by atoms with Crippen molar-refractivity contribution < 1.29 is 23.5 Å². The fourth-order valence-electron chi connectivity index (χ4n) is 2.03. The van der Waals surface area contributed by atoms with Crippen molar-refractivity contribution in [2.75, 3.05) is 12.4 Å². The summed E-state index contributed by atoms with van der Waals surface area (Å²) < 4.78 is 9.78. The zero-order valence-electron chi connectivity index (χ0n) is 14.3. The van der Waals surface area contributed by atoms with E-state index in [-0.39, 0.29) is 6.54 Å². The van der Waals surface area contributed by atoms with Crippen LogP contribution in [0.25, 0.3) is 0 Å². The molecular weight excluding hydrogens is 324 g/mol. The third-order valence-electron chi connectivity index (χ3n) is 3.68. The quantitative estimate of drug-likeness (QED) is 0.619. The lowest BCUT2D eigenvalue weighted by molar-refractivity contribution is -0.138. The van der Waals surface area contributed by atoms with Crippen molar-refractivity contribution in [2.24, 2.45) is 5.41 Å². The van der Waals surface area contributed by atoms with E-state index in [9.17, 15) is 14.4 Å². The molecule has 1 heterocycles. The SMILES string of the molecule is COC(=O)c1cccc(NC(=O)C(C)(C)C(=O)NCc2ccco2)c1. The fourth-order valence-corrected chi connectivity index (χ4v) is 2.03. The van der Waals surface area contributed by atoms with Crippen LogP contribution in [0.4, 0.5) is 5.69 Å². The molecule has 2 aromatic rings. The molecule has 2 N–H and O–H groups in total. The molecule has 1 aromatic heterocycles. The Morgan fingerprint density at radius 2 is 1.88 bits per heavy atom. The molecule has 0 saturated carbocycles. The second-order valence-corrected chi connectivity index (χ2v) is 5.91. The molecule has 0 fully saturated rings. The summed E-state index contributed by atoms with van der Waals surface area (Å²) in [6.45, 7) is 3.23. The van der Waals surface area contributed by atoms with Gasteiger partial charge in [0.25, 0.3) is 0 Å². The maximum atomic E-state index is 12.5. The number of hydrogen-bond acceptors (Lipinski definition) is 5. The lowest BCUT2D eigenvalue weighted by Gasteiger charge is -2.22. The number of carbonyl (C=O) groups excluding carboxylic acids is 3. The standard InChI is InChI=1S/C18H20N2O5/c1-18(2,16(22)19-11-14-8-5-9-25-14)17(23)20-13-7-4-6-12(10-13)15(21)24-3/h4-10H,11H2,1-3H3,(H,19,22)(H,20,23). The molecule has 0 atom stereocenters. The lowest BCUT2D eigenvalue weighted by Crippen LogP contribution is -2.44. The third-order valence-corrected chi connectivity index (χ3v) is 3.68. The number of methoxy groups -OCH3 is 1. The van der Waals surface area contributed by atoms with Crippen LogP contribution in [-0.4, -0.2) is 24.9 Å². The number of benzene rings is 1. The summed E-state index contributed by atoms with van der Waals surface area (Å²) in [6, 6.07) is 9.75. The van der Waals surface area contributed by atoms with E-state index < -0.39 is 23.2 Å². The van der Waals surface area contributed by atoms with Gasteiger partial charge in [0.15, 0.2) is 0 Å². The highest BCUT2D eigenvalue weighted by Crippen LogP contribution is 2.20. The molecule has 0 bridgehead atoms. The second kappa shape index (κ2) is 7.65. The van der Waals surface area contributed by atoms with Gasteiger partial charge in [0, 0.05) is 5.69 Å². The molecular formula is C18H20N2O5. The number of nitrogens with one attached hydrogen (secondary N) is 2. The summed E-state index contributed by atoms with van der Waals surface area (Å²) in [7, 11) is 1.28. The Balaban J connectivity index is 2.02. The summed E-state index contributed by atoms with van der Waals surface area (Å²) >= 11 is 0. The first-order valence-electron chi connectivity index (χ1n) is 7.65. The highest BCUT2D eigenvalue weighted by atomic mass is 16.5. The number of hydrogen-bond donors (Lipinski definition) is 2. The van der Waals surface area contributed by atoms with Crippen LogP contribution in [-0.2, 0) is 20.9 Å². The molecule has 2 amide bonds. The highest BCUT2D eigenvalue weighted by molar-refractivity contribution is 6.10. The van der Waals surface area contributed by atoms with Gasteiger partial charge >= 0.3 is 5.97 Å². The number of furan rings is 1. The van der Waals surface area contributed by atoms with Gasteiger partial charge in [0.2, 0.25) is 11.8 Å². The van der Waals surface area contributed by atoms with Crippen LogP contribution in [0.15, 0.2) is 47.1 Å². The van der Waals surface area contributed by atoms with Gasteiger partial charge in [0.1, 0.15) is 11.2 Å². The lowest BCUT2D eigenvalue weighted by atomic mass is 9.91. The predicted molar refractivity (Wildman–Crippen MR) is 90.7 cm³/mol. The van der Waals surface area contributed by atoms with Gasteiger partial charge in [-0.05, 0) is 44.2 Å². The van der Waals surface area contributed by atoms with Crippen LogP contribution < -0.4 is 10.6 Å². The minimum Gasteiger partial charge on any atom is -0.467 e. The third kappa shape index (κ3) is 4.47. The Labute approximate surface area is 145 Å². The second-order valence-electron chi connectivity index (χ2n) is 5.91. The molecule has 132 valence electrons. The number of anilines is 1. The zero-order valence-corrected chi connectivity index (χ0v) is 14.3. The normalized spacial score (nSPS) is 10.8. The van der Waals surface area contributed by atoms with Crippen LogP contribution in [0.2, 0.25) is 0 Å².